The van der Waals surface area contributed by atoms with E-state index in [2.05, 4.69) is 41.0 Å². The SMILES string of the molecule is CCC(Nc1cc(C(C)C)ncn1)c1nccs1. The highest BCUT2D eigenvalue weighted by Crippen LogP contribution is 2.24. The van der Waals surface area contributed by atoms with E-state index in [9.17, 15) is 0 Å². The number of nitrogens with one attached hydrogen (secondary N) is 1. The van der Waals surface area contributed by atoms with Gasteiger partial charge >= 0.3 is 0 Å². The minimum Gasteiger partial charge on any atom is -0.361 e. The highest BCUT2D eigenvalue weighted by molar-refractivity contribution is 7.09. The van der Waals surface area contributed by atoms with Gasteiger partial charge in [-0.2, -0.15) is 0 Å². The van der Waals surface area contributed by atoms with Crippen LogP contribution in [0.2, 0.25) is 0 Å². The van der Waals surface area contributed by atoms with Crippen molar-refractivity contribution in [2.75, 3.05) is 5.32 Å². The van der Waals surface area contributed by atoms with Gasteiger partial charge in [-0.15, -0.1) is 11.3 Å². The Kier molecular flexibility index (Phi) is 4.25. The average molecular weight is 262 g/mol. The third kappa shape index (κ3) is 3.04. The topological polar surface area (TPSA) is 50.7 Å². The minimum atomic E-state index is 0.222. The molecule has 0 aromatic carbocycles. The maximum Gasteiger partial charge on any atom is 0.130 e. The number of thiazole rings is 1. The van der Waals surface area contributed by atoms with E-state index in [1.54, 1.807) is 17.7 Å². The maximum absolute atomic E-state index is 4.35. The standard InChI is InChI=1S/C13H18N4S/c1-4-10(13-14-5-6-18-13)17-12-7-11(9(2)3)15-8-16-12/h5-10H,4H2,1-3H3,(H,15,16,17). The Balaban J connectivity index is 2.15. The van der Waals surface area contributed by atoms with E-state index in [-0.39, 0.29) is 6.04 Å². The normalized spacial score (nSPS) is 12.7. The van der Waals surface area contributed by atoms with E-state index in [4.69, 9.17) is 0 Å². The molecule has 4 nitrogen and oxygen atoms in total. The van der Waals surface area contributed by atoms with E-state index in [1.807, 2.05) is 17.6 Å². The lowest BCUT2D eigenvalue weighted by Crippen LogP contribution is -2.11. The molecule has 2 aromatic heterocycles. The number of aromatic nitrogens is 3. The quantitative estimate of drug-likeness (QED) is 0.894. The van der Waals surface area contributed by atoms with Gasteiger partial charge in [0.1, 0.15) is 17.2 Å². The van der Waals surface area contributed by atoms with Crippen LogP contribution in [0.4, 0.5) is 5.82 Å². The van der Waals surface area contributed by atoms with Crippen LogP contribution in [-0.2, 0) is 0 Å². The summed E-state index contributed by atoms with van der Waals surface area (Å²) in [6.07, 6.45) is 4.44. The first-order valence-electron chi connectivity index (χ1n) is 6.18. The molecule has 0 saturated carbocycles. The van der Waals surface area contributed by atoms with Gasteiger partial charge in [-0.1, -0.05) is 20.8 Å². The molecule has 0 aliphatic heterocycles. The van der Waals surface area contributed by atoms with Crippen molar-refractivity contribution < 1.29 is 0 Å². The molecule has 18 heavy (non-hydrogen) atoms. The molecule has 1 N–H and O–H groups in total. The van der Waals surface area contributed by atoms with Gasteiger partial charge in [-0.25, -0.2) is 15.0 Å². The largest absolute Gasteiger partial charge is 0.361 e. The van der Waals surface area contributed by atoms with Crippen LogP contribution < -0.4 is 5.32 Å². The summed E-state index contributed by atoms with van der Waals surface area (Å²) in [5.74, 6) is 1.28. The molecule has 5 heteroatoms. The molecule has 1 unspecified atom stereocenters. The molecular weight excluding hydrogens is 244 g/mol. The molecule has 0 bridgehead atoms. The fourth-order valence-electron chi connectivity index (χ4n) is 1.69. The van der Waals surface area contributed by atoms with Gasteiger partial charge in [0.15, 0.2) is 0 Å². The van der Waals surface area contributed by atoms with E-state index in [0.717, 1.165) is 22.9 Å². The lowest BCUT2D eigenvalue weighted by molar-refractivity contribution is 0.733. The van der Waals surface area contributed by atoms with Crippen LogP contribution in [-0.4, -0.2) is 15.0 Å². The maximum atomic E-state index is 4.35. The first-order valence-corrected chi connectivity index (χ1v) is 7.06. The molecule has 2 aromatic rings. The van der Waals surface area contributed by atoms with Crippen molar-refractivity contribution in [3.8, 4) is 0 Å². The zero-order valence-electron chi connectivity index (χ0n) is 10.9. The van der Waals surface area contributed by atoms with Crippen LogP contribution in [0.3, 0.4) is 0 Å². The summed E-state index contributed by atoms with van der Waals surface area (Å²) in [5.41, 5.74) is 1.06. The third-order valence-electron chi connectivity index (χ3n) is 2.76. The molecule has 0 aliphatic rings. The number of hydrogen-bond acceptors (Lipinski definition) is 5. The molecule has 0 amide bonds. The van der Waals surface area contributed by atoms with Gasteiger partial charge in [0.05, 0.1) is 6.04 Å². The zero-order valence-corrected chi connectivity index (χ0v) is 11.7. The summed E-state index contributed by atoms with van der Waals surface area (Å²) < 4.78 is 0. The van der Waals surface area contributed by atoms with E-state index < -0.39 is 0 Å². The molecular formula is C13H18N4S. The summed E-state index contributed by atoms with van der Waals surface area (Å²) in [4.78, 5) is 12.9. The molecule has 0 fully saturated rings. The first-order chi connectivity index (χ1) is 8.70. The minimum absolute atomic E-state index is 0.222. The number of hydrogen-bond donors (Lipinski definition) is 1. The number of nitrogens with zero attached hydrogens (tertiary/aromatic N) is 3. The van der Waals surface area contributed by atoms with Crippen molar-refractivity contribution in [1.82, 2.24) is 15.0 Å². The average Bonchev–Trinajstić information content (AvgIpc) is 2.90. The predicted molar refractivity (Wildman–Crippen MR) is 74.9 cm³/mol. The van der Waals surface area contributed by atoms with Crippen molar-refractivity contribution in [2.45, 2.75) is 39.2 Å². The highest BCUT2D eigenvalue weighted by Gasteiger charge is 2.13. The summed E-state index contributed by atoms with van der Waals surface area (Å²) in [5, 5.41) is 6.52. The molecule has 2 rings (SSSR count). The molecule has 0 radical (unpaired) electrons. The van der Waals surface area contributed by atoms with E-state index >= 15 is 0 Å². The number of anilines is 1. The second kappa shape index (κ2) is 5.91. The number of rotatable bonds is 5. The Morgan fingerprint density at radius 2 is 2.11 bits per heavy atom. The van der Waals surface area contributed by atoms with Crippen molar-refractivity contribution in [3.05, 3.63) is 34.7 Å². The fraction of sp³-hybridized carbons (Fsp3) is 0.462. The van der Waals surface area contributed by atoms with Crippen molar-refractivity contribution in [3.63, 3.8) is 0 Å². The van der Waals surface area contributed by atoms with Gasteiger partial charge in [0.2, 0.25) is 0 Å². The molecule has 2 heterocycles. The zero-order chi connectivity index (χ0) is 13.0. The van der Waals surface area contributed by atoms with Crippen LogP contribution in [0.1, 0.15) is 49.9 Å². The fourth-order valence-corrected chi connectivity index (χ4v) is 2.46. The van der Waals surface area contributed by atoms with Crippen molar-refractivity contribution in [1.29, 1.82) is 0 Å². The molecule has 0 saturated heterocycles. The van der Waals surface area contributed by atoms with Gasteiger partial charge < -0.3 is 5.32 Å². The van der Waals surface area contributed by atoms with Crippen molar-refractivity contribution in [2.24, 2.45) is 0 Å². The second-order valence-electron chi connectivity index (χ2n) is 4.46. The monoisotopic (exact) mass is 262 g/mol. The lowest BCUT2D eigenvalue weighted by Gasteiger charge is -2.15. The predicted octanol–water partition coefficient (Wildman–Crippen LogP) is 3.62. The molecule has 0 spiro atoms. The lowest BCUT2D eigenvalue weighted by atomic mass is 10.1. The Hall–Kier alpha value is -1.49. The van der Waals surface area contributed by atoms with Crippen LogP contribution in [0, 0.1) is 0 Å². The first kappa shape index (κ1) is 13.0. The summed E-state index contributed by atoms with van der Waals surface area (Å²) in [6.45, 7) is 6.40. The van der Waals surface area contributed by atoms with Gasteiger partial charge in [0, 0.05) is 23.3 Å². The van der Waals surface area contributed by atoms with Crippen LogP contribution in [0.25, 0.3) is 0 Å². The molecule has 1 atom stereocenters. The third-order valence-corrected chi connectivity index (χ3v) is 3.65. The van der Waals surface area contributed by atoms with E-state index in [0.29, 0.717) is 5.92 Å². The Morgan fingerprint density at radius 3 is 2.72 bits per heavy atom. The van der Waals surface area contributed by atoms with Crippen molar-refractivity contribution >= 4 is 17.2 Å². The highest BCUT2D eigenvalue weighted by atomic mass is 32.1. The second-order valence-corrected chi connectivity index (χ2v) is 5.38. The molecule has 96 valence electrons. The Labute approximate surface area is 112 Å². The summed E-state index contributed by atoms with van der Waals surface area (Å²) >= 11 is 1.67. The van der Waals surface area contributed by atoms with Crippen LogP contribution >= 0.6 is 11.3 Å². The summed E-state index contributed by atoms with van der Waals surface area (Å²) in [6, 6.07) is 2.24. The van der Waals surface area contributed by atoms with Crippen LogP contribution in [0.15, 0.2) is 24.0 Å². The van der Waals surface area contributed by atoms with Gasteiger partial charge in [0.25, 0.3) is 0 Å². The Morgan fingerprint density at radius 1 is 1.28 bits per heavy atom. The summed E-state index contributed by atoms with van der Waals surface area (Å²) in [7, 11) is 0. The van der Waals surface area contributed by atoms with Crippen LogP contribution in [0.5, 0.6) is 0 Å². The Bertz CT molecular complexity index is 481. The van der Waals surface area contributed by atoms with Gasteiger partial charge in [-0.3, -0.25) is 0 Å². The smallest absolute Gasteiger partial charge is 0.130 e. The van der Waals surface area contributed by atoms with E-state index in [1.165, 1.54) is 0 Å². The molecule has 0 aliphatic carbocycles. The van der Waals surface area contributed by atoms with Gasteiger partial charge in [-0.05, 0) is 12.3 Å².